The fourth-order valence-corrected chi connectivity index (χ4v) is 5.12. The maximum atomic E-state index is 14.2. The summed E-state index contributed by atoms with van der Waals surface area (Å²) in [6, 6.07) is 17.0. The van der Waals surface area contributed by atoms with E-state index in [1.54, 1.807) is 12.1 Å². The Bertz CT molecular complexity index is 1100. The number of benzene rings is 2. The summed E-state index contributed by atoms with van der Waals surface area (Å²) in [6.07, 6.45) is 5.49. The van der Waals surface area contributed by atoms with Crippen LogP contribution in [0, 0.1) is 5.82 Å². The monoisotopic (exact) mass is 465 g/mol. The van der Waals surface area contributed by atoms with Crippen molar-refractivity contribution >= 4 is 23.6 Å². The first-order valence-electron chi connectivity index (χ1n) is 11.6. The highest BCUT2D eigenvalue weighted by atomic mass is 32.2. The molecule has 0 N–H and O–H groups in total. The van der Waals surface area contributed by atoms with Crippen molar-refractivity contribution in [1.82, 2.24) is 19.7 Å². The van der Waals surface area contributed by atoms with E-state index in [1.807, 2.05) is 41.3 Å². The van der Waals surface area contributed by atoms with Crippen molar-refractivity contribution in [1.29, 1.82) is 0 Å². The molecule has 1 amide bonds. The van der Waals surface area contributed by atoms with Crippen LogP contribution in [0.3, 0.4) is 0 Å². The number of para-hydroxylation sites is 1. The van der Waals surface area contributed by atoms with Crippen LogP contribution in [-0.4, -0.2) is 50.5 Å². The highest BCUT2D eigenvalue weighted by Gasteiger charge is 2.33. The minimum atomic E-state index is -0.265. The SMILES string of the molecule is O=C(CSc1nnc(N2CCCCC2)n1-c1ccccc1)N(Cc1ccccc1F)C1CC1. The zero-order valence-corrected chi connectivity index (χ0v) is 19.4. The first kappa shape index (κ1) is 21.9. The van der Waals surface area contributed by atoms with Crippen molar-refractivity contribution in [3.8, 4) is 5.69 Å². The van der Waals surface area contributed by atoms with Gasteiger partial charge in [0.15, 0.2) is 5.16 Å². The fraction of sp³-hybridized carbons (Fsp3) is 0.400. The number of amides is 1. The van der Waals surface area contributed by atoms with Gasteiger partial charge in [-0.2, -0.15) is 0 Å². The molecule has 1 aliphatic heterocycles. The zero-order chi connectivity index (χ0) is 22.6. The fourth-order valence-electron chi connectivity index (χ4n) is 4.28. The lowest BCUT2D eigenvalue weighted by atomic mass is 10.1. The van der Waals surface area contributed by atoms with Crippen LogP contribution in [0.15, 0.2) is 59.8 Å². The van der Waals surface area contributed by atoms with Gasteiger partial charge in [0.1, 0.15) is 5.82 Å². The number of carbonyl (C=O) groups is 1. The lowest BCUT2D eigenvalue weighted by Gasteiger charge is -2.28. The van der Waals surface area contributed by atoms with E-state index in [1.165, 1.54) is 24.2 Å². The van der Waals surface area contributed by atoms with Crippen molar-refractivity contribution in [2.45, 2.75) is 49.8 Å². The maximum absolute atomic E-state index is 14.2. The van der Waals surface area contributed by atoms with Gasteiger partial charge in [0.2, 0.25) is 11.9 Å². The number of hydrogen-bond acceptors (Lipinski definition) is 5. The van der Waals surface area contributed by atoms with Crippen LogP contribution in [0.5, 0.6) is 0 Å². The van der Waals surface area contributed by atoms with Crippen LogP contribution < -0.4 is 4.90 Å². The quantitative estimate of drug-likeness (QED) is 0.452. The average molecular weight is 466 g/mol. The molecule has 1 saturated heterocycles. The largest absolute Gasteiger partial charge is 0.341 e. The van der Waals surface area contributed by atoms with Gasteiger partial charge in [0, 0.05) is 31.2 Å². The Morgan fingerprint density at radius 2 is 1.73 bits per heavy atom. The second-order valence-electron chi connectivity index (χ2n) is 8.63. The Labute approximate surface area is 197 Å². The third-order valence-electron chi connectivity index (χ3n) is 6.20. The number of carbonyl (C=O) groups excluding carboxylic acids is 1. The molecule has 0 spiro atoms. The van der Waals surface area contributed by atoms with E-state index in [9.17, 15) is 9.18 Å². The number of piperidine rings is 1. The number of anilines is 1. The minimum absolute atomic E-state index is 0.00730. The van der Waals surface area contributed by atoms with Gasteiger partial charge in [-0.25, -0.2) is 4.39 Å². The van der Waals surface area contributed by atoms with E-state index in [2.05, 4.69) is 19.7 Å². The van der Waals surface area contributed by atoms with E-state index in [0.29, 0.717) is 17.3 Å². The normalized spacial score (nSPS) is 16.1. The van der Waals surface area contributed by atoms with E-state index >= 15 is 0 Å². The molecule has 5 rings (SSSR count). The van der Waals surface area contributed by atoms with Crippen LogP contribution in [0.1, 0.15) is 37.7 Å². The van der Waals surface area contributed by atoms with E-state index in [0.717, 1.165) is 50.4 Å². The number of nitrogens with zero attached hydrogens (tertiary/aromatic N) is 5. The molecule has 1 saturated carbocycles. The summed E-state index contributed by atoms with van der Waals surface area (Å²) in [5, 5.41) is 9.68. The lowest BCUT2D eigenvalue weighted by molar-refractivity contribution is -0.129. The number of hydrogen-bond donors (Lipinski definition) is 0. The van der Waals surface area contributed by atoms with Crippen LogP contribution in [-0.2, 0) is 11.3 Å². The van der Waals surface area contributed by atoms with Crippen LogP contribution in [0.2, 0.25) is 0 Å². The van der Waals surface area contributed by atoms with Gasteiger partial charge in [-0.1, -0.05) is 48.2 Å². The Hall–Kier alpha value is -2.87. The molecule has 0 bridgehead atoms. The molecule has 0 atom stereocenters. The molecule has 0 unspecified atom stereocenters. The second-order valence-corrected chi connectivity index (χ2v) is 9.58. The molecule has 1 aliphatic carbocycles. The van der Waals surface area contributed by atoms with E-state index in [4.69, 9.17) is 0 Å². The maximum Gasteiger partial charge on any atom is 0.233 e. The number of thioether (sulfide) groups is 1. The summed E-state index contributed by atoms with van der Waals surface area (Å²) in [4.78, 5) is 17.3. The predicted molar refractivity (Wildman–Crippen MR) is 128 cm³/mol. The standard InChI is InChI=1S/C25H28FN5OS/c26-22-12-6-5-9-19(22)17-30(20-13-14-20)23(32)18-33-25-28-27-24(29-15-7-2-8-16-29)31(25)21-10-3-1-4-11-21/h1,3-6,9-12,20H,2,7-8,13-18H2. The third-order valence-corrected chi connectivity index (χ3v) is 7.11. The molecule has 8 heteroatoms. The Balaban J connectivity index is 1.35. The van der Waals surface area contributed by atoms with Gasteiger partial charge in [-0.05, 0) is 50.3 Å². The molecule has 33 heavy (non-hydrogen) atoms. The molecule has 172 valence electrons. The highest BCUT2D eigenvalue weighted by molar-refractivity contribution is 7.99. The summed E-state index contributed by atoms with van der Waals surface area (Å²) in [5.74, 6) is 0.823. The minimum Gasteiger partial charge on any atom is -0.341 e. The summed E-state index contributed by atoms with van der Waals surface area (Å²) in [7, 11) is 0. The summed E-state index contributed by atoms with van der Waals surface area (Å²) >= 11 is 1.40. The molecule has 2 aliphatic rings. The summed E-state index contributed by atoms with van der Waals surface area (Å²) in [5.41, 5.74) is 1.55. The zero-order valence-electron chi connectivity index (χ0n) is 18.6. The predicted octanol–water partition coefficient (Wildman–Crippen LogP) is 4.68. The lowest BCUT2D eigenvalue weighted by Crippen LogP contribution is -2.34. The van der Waals surface area contributed by atoms with Gasteiger partial charge >= 0.3 is 0 Å². The Kier molecular flexibility index (Phi) is 6.62. The first-order valence-corrected chi connectivity index (χ1v) is 12.6. The molecule has 2 aromatic carbocycles. The van der Waals surface area contributed by atoms with Crippen LogP contribution in [0.4, 0.5) is 10.3 Å². The number of rotatable bonds is 8. The van der Waals surface area contributed by atoms with Crippen molar-refractivity contribution in [3.05, 3.63) is 66.0 Å². The van der Waals surface area contributed by atoms with Crippen molar-refractivity contribution in [2.24, 2.45) is 0 Å². The van der Waals surface area contributed by atoms with Gasteiger partial charge in [0.25, 0.3) is 0 Å². The van der Waals surface area contributed by atoms with Gasteiger partial charge in [-0.3, -0.25) is 9.36 Å². The van der Waals surface area contributed by atoms with Crippen molar-refractivity contribution < 1.29 is 9.18 Å². The molecule has 2 fully saturated rings. The smallest absolute Gasteiger partial charge is 0.233 e. The first-order chi connectivity index (χ1) is 16.2. The molecular weight excluding hydrogens is 437 g/mol. The molecule has 6 nitrogen and oxygen atoms in total. The molecule has 1 aromatic heterocycles. The molecule has 0 radical (unpaired) electrons. The van der Waals surface area contributed by atoms with Gasteiger partial charge in [0.05, 0.1) is 11.4 Å². The average Bonchev–Trinajstić information content (AvgIpc) is 3.61. The highest BCUT2D eigenvalue weighted by Crippen LogP contribution is 2.32. The van der Waals surface area contributed by atoms with Gasteiger partial charge in [-0.15, -0.1) is 10.2 Å². The molecular formula is C25H28FN5OS. The summed E-state index contributed by atoms with van der Waals surface area (Å²) < 4.78 is 16.3. The van der Waals surface area contributed by atoms with E-state index in [-0.39, 0.29) is 23.5 Å². The molecule has 2 heterocycles. The number of halogens is 1. The van der Waals surface area contributed by atoms with Crippen LogP contribution >= 0.6 is 11.8 Å². The Morgan fingerprint density at radius 3 is 2.45 bits per heavy atom. The Morgan fingerprint density at radius 1 is 1.00 bits per heavy atom. The van der Waals surface area contributed by atoms with Crippen LogP contribution in [0.25, 0.3) is 5.69 Å². The van der Waals surface area contributed by atoms with Crippen molar-refractivity contribution in [3.63, 3.8) is 0 Å². The topological polar surface area (TPSA) is 54.3 Å². The van der Waals surface area contributed by atoms with Gasteiger partial charge < -0.3 is 9.80 Å². The summed E-state index contributed by atoms with van der Waals surface area (Å²) in [6.45, 7) is 2.24. The molecule has 3 aromatic rings. The third kappa shape index (κ3) is 5.05. The number of aromatic nitrogens is 3. The van der Waals surface area contributed by atoms with E-state index < -0.39 is 0 Å². The van der Waals surface area contributed by atoms with Crippen molar-refractivity contribution in [2.75, 3.05) is 23.7 Å². The second kappa shape index (κ2) is 9.95.